The standard InChI is InChI=1S/C18H17ClN2O5S/c19-11-4-1-9(2-5-11)12-6-3-10(7-20)18(27)21(12)17-16(25)15(24)14(23)13(8-22)26-17/h1-6,13-17,22-25H,8H2/t13-,14+,15+,16-,17-/m0/s1. The Morgan fingerprint density at radius 2 is 1.74 bits per heavy atom. The van der Waals surface area contributed by atoms with Crippen LogP contribution < -0.4 is 0 Å². The first-order valence-electron chi connectivity index (χ1n) is 8.11. The van der Waals surface area contributed by atoms with E-state index in [1.165, 1.54) is 4.57 Å². The minimum absolute atomic E-state index is 0.0919. The van der Waals surface area contributed by atoms with Crippen molar-refractivity contribution in [1.29, 1.82) is 5.26 Å². The van der Waals surface area contributed by atoms with Gasteiger partial charge in [0.1, 0.15) is 35.1 Å². The van der Waals surface area contributed by atoms with Gasteiger partial charge in [-0.2, -0.15) is 5.26 Å². The van der Waals surface area contributed by atoms with Crippen molar-refractivity contribution in [3.05, 3.63) is 51.6 Å². The van der Waals surface area contributed by atoms with Gasteiger partial charge in [-0.25, -0.2) is 0 Å². The van der Waals surface area contributed by atoms with Gasteiger partial charge in [-0.05, 0) is 29.8 Å². The molecule has 3 rings (SSSR count). The van der Waals surface area contributed by atoms with E-state index in [1.807, 2.05) is 6.07 Å². The molecule has 1 fully saturated rings. The van der Waals surface area contributed by atoms with Crippen molar-refractivity contribution in [3.8, 4) is 17.3 Å². The zero-order valence-electron chi connectivity index (χ0n) is 13.9. The van der Waals surface area contributed by atoms with E-state index in [2.05, 4.69) is 0 Å². The molecule has 27 heavy (non-hydrogen) atoms. The lowest BCUT2D eigenvalue weighted by atomic mass is 9.97. The SMILES string of the molecule is N#Cc1ccc(-c2ccc(Cl)cc2)n([C@H]2O[C@@H](CO)[C@@H](O)[C@@H](O)[C@@H]2O)c1=S. The molecule has 2 aromatic rings. The quantitative estimate of drug-likeness (QED) is 0.566. The van der Waals surface area contributed by atoms with Gasteiger partial charge in [-0.15, -0.1) is 0 Å². The van der Waals surface area contributed by atoms with Gasteiger partial charge in [0, 0.05) is 5.02 Å². The van der Waals surface area contributed by atoms with Crippen molar-refractivity contribution >= 4 is 23.8 Å². The maximum absolute atomic E-state index is 10.5. The molecular formula is C18H17ClN2O5S. The second-order valence-corrected chi connectivity index (χ2v) is 6.97. The molecule has 4 N–H and O–H groups in total. The highest BCUT2D eigenvalue weighted by molar-refractivity contribution is 7.71. The minimum atomic E-state index is -1.56. The highest BCUT2D eigenvalue weighted by Gasteiger charge is 2.44. The van der Waals surface area contributed by atoms with Crippen LogP contribution in [0.5, 0.6) is 0 Å². The molecule has 142 valence electrons. The molecule has 7 nitrogen and oxygen atoms in total. The van der Waals surface area contributed by atoms with E-state index in [0.717, 1.165) is 0 Å². The zero-order chi connectivity index (χ0) is 19.7. The average Bonchev–Trinajstić information content (AvgIpc) is 2.67. The number of hydrogen-bond acceptors (Lipinski definition) is 7. The number of aliphatic hydroxyl groups excluding tert-OH is 4. The van der Waals surface area contributed by atoms with Gasteiger partial charge in [0.25, 0.3) is 0 Å². The second-order valence-electron chi connectivity index (χ2n) is 6.15. The van der Waals surface area contributed by atoms with Crippen LogP contribution in [0, 0.1) is 16.0 Å². The third kappa shape index (κ3) is 3.63. The van der Waals surface area contributed by atoms with Crippen LogP contribution in [0.1, 0.15) is 11.8 Å². The van der Waals surface area contributed by atoms with Crippen molar-refractivity contribution in [3.63, 3.8) is 0 Å². The number of rotatable bonds is 3. The summed E-state index contributed by atoms with van der Waals surface area (Å²) in [5.74, 6) is 0. The molecule has 0 radical (unpaired) electrons. The molecule has 1 aliphatic heterocycles. The molecule has 0 amide bonds. The predicted molar refractivity (Wildman–Crippen MR) is 99.4 cm³/mol. The highest BCUT2D eigenvalue weighted by atomic mass is 35.5. The average molecular weight is 409 g/mol. The summed E-state index contributed by atoms with van der Waals surface area (Å²) >= 11 is 11.3. The molecule has 9 heteroatoms. The number of nitrogens with zero attached hydrogens (tertiary/aromatic N) is 2. The lowest BCUT2D eigenvalue weighted by molar-refractivity contribution is -0.251. The molecule has 1 aliphatic rings. The third-order valence-corrected chi connectivity index (χ3v) is 5.17. The van der Waals surface area contributed by atoms with Crippen LogP contribution in [0.3, 0.4) is 0 Å². The number of ether oxygens (including phenoxy) is 1. The maximum atomic E-state index is 10.5. The van der Waals surface area contributed by atoms with Crippen LogP contribution >= 0.6 is 23.8 Å². The highest BCUT2D eigenvalue weighted by Crippen LogP contribution is 2.33. The van der Waals surface area contributed by atoms with Crippen LogP contribution in [0.4, 0.5) is 0 Å². The summed E-state index contributed by atoms with van der Waals surface area (Å²) in [5, 5.41) is 49.9. The summed E-state index contributed by atoms with van der Waals surface area (Å²) in [6.45, 7) is -0.566. The smallest absolute Gasteiger partial charge is 0.164 e. The summed E-state index contributed by atoms with van der Waals surface area (Å²) in [6.07, 6.45) is -6.90. The molecule has 5 atom stereocenters. The summed E-state index contributed by atoms with van der Waals surface area (Å²) in [4.78, 5) is 0. The number of nitriles is 1. The Morgan fingerprint density at radius 1 is 1.07 bits per heavy atom. The van der Waals surface area contributed by atoms with Gasteiger partial charge >= 0.3 is 0 Å². The molecule has 0 spiro atoms. The number of halogens is 1. The molecule has 0 aliphatic carbocycles. The van der Waals surface area contributed by atoms with E-state index in [1.54, 1.807) is 36.4 Å². The largest absolute Gasteiger partial charge is 0.394 e. The van der Waals surface area contributed by atoms with E-state index in [4.69, 9.17) is 28.6 Å². The van der Waals surface area contributed by atoms with E-state index in [9.17, 15) is 25.7 Å². The Hall–Kier alpha value is -1.83. The lowest BCUT2D eigenvalue weighted by Crippen LogP contribution is -2.56. The molecule has 1 aromatic heterocycles. The summed E-state index contributed by atoms with van der Waals surface area (Å²) < 4.78 is 7.13. The van der Waals surface area contributed by atoms with Gasteiger partial charge in [0.05, 0.1) is 17.9 Å². The first-order valence-corrected chi connectivity index (χ1v) is 8.89. The van der Waals surface area contributed by atoms with Crippen LogP contribution in [0.2, 0.25) is 5.02 Å². The van der Waals surface area contributed by atoms with Gasteiger partial charge < -0.3 is 29.7 Å². The lowest BCUT2D eigenvalue weighted by Gasteiger charge is -2.41. The van der Waals surface area contributed by atoms with E-state index in [0.29, 0.717) is 16.3 Å². The van der Waals surface area contributed by atoms with Crippen LogP contribution in [0.15, 0.2) is 36.4 Å². The molecule has 1 aromatic carbocycles. The normalized spacial score (nSPS) is 27.9. The fourth-order valence-corrected chi connectivity index (χ4v) is 3.48. The predicted octanol–water partition coefficient (Wildman–Crippen LogP) is 1.38. The number of aliphatic hydroxyl groups is 4. The summed E-state index contributed by atoms with van der Waals surface area (Å²) in [7, 11) is 0. The van der Waals surface area contributed by atoms with Crippen molar-refractivity contribution in [2.45, 2.75) is 30.6 Å². The Kier molecular flexibility index (Phi) is 5.93. The minimum Gasteiger partial charge on any atom is -0.394 e. The van der Waals surface area contributed by atoms with E-state index >= 15 is 0 Å². The molecule has 2 heterocycles. The van der Waals surface area contributed by atoms with Gasteiger partial charge in [0.15, 0.2) is 6.23 Å². The molecular weight excluding hydrogens is 392 g/mol. The van der Waals surface area contributed by atoms with Crippen LogP contribution in [0.25, 0.3) is 11.3 Å². The van der Waals surface area contributed by atoms with Gasteiger partial charge in [-0.1, -0.05) is 36.0 Å². The second kappa shape index (κ2) is 8.04. The fourth-order valence-electron chi connectivity index (χ4n) is 3.04. The fraction of sp³-hybridized carbons (Fsp3) is 0.333. The third-order valence-electron chi connectivity index (χ3n) is 4.50. The maximum Gasteiger partial charge on any atom is 0.164 e. The van der Waals surface area contributed by atoms with Crippen LogP contribution in [-0.2, 0) is 4.74 Å². The van der Waals surface area contributed by atoms with Crippen molar-refractivity contribution in [1.82, 2.24) is 4.57 Å². The van der Waals surface area contributed by atoms with Crippen molar-refractivity contribution < 1.29 is 25.2 Å². The summed E-state index contributed by atoms with van der Waals surface area (Å²) in [6, 6.07) is 12.0. The first-order chi connectivity index (χ1) is 12.9. The molecule has 0 bridgehead atoms. The topological polar surface area (TPSA) is 119 Å². The monoisotopic (exact) mass is 408 g/mol. The summed E-state index contributed by atoms with van der Waals surface area (Å²) in [5.41, 5.74) is 1.38. The van der Waals surface area contributed by atoms with Gasteiger partial charge in [-0.3, -0.25) is 0 Å². The van der Waals surface area contributed by atoms with Crippen LogP contribution in [-0.4, -0.2) is 56.0 Å². The number of hydrogen-bond donors (Lipinski definition) is 4. The van der Waals surface area contributed by atoms with Crippen molar-refractivity contribution in [2.75, 3.05) is 6.61 Å². The van der Waals surface area contributed by atoms with E-state index in [-0.39, 0.29) is 10.2 Å². The Balaban J connectivity index is 2.19. The van der Waals surface area contributed by atoms with Crippen molar-refractivity contribution in [2.24, 2.45) is 0 Å². The molecule has 0 unspecified atom stereocenters. The first kappa shape index (κ1) is 19.9. The molecule has 0 saturated carbocycles. The Bertz CT molecular complexity index is 925. The Morgan fingerprint density at radius 3 is 2.33 bits per heavy atom. The number of pyridine rings is 1. The van der Waals surface area contributed by atoms with Gasteiger partial charge in [0.2, 0.25) is 0 Å². The number of benzene rings is 1. The zero-order valence-corrected chi connectivity index (χ0v) is 15.5. The number of aromatic nitrogens is 1. The van der Waals surface area contributed by atoms with E-state index < -0.39 is 37.3 Å². The Labute approximate surface area is 165 Å². The molecule has 1 saturated heterocycles.